The van der Waals surface area contributed by atoms with Gasteiger partial charge in [-0.15, -0.1) is 11.3 Å². The third-order valence-corrected chi connectivity index (χ3v) is 8.35. The van der Waals surface area contributed by atoms with E-state index >= 15 is 0 Å². The summed E-state index contributed by atoms with van der Waals surface area (Å²) in [5, 5.41) is 20.5. The van der Waals surface area contributed by atoms with E-state index in [1.807, 2.05) is 29.6 Å². The summed E-state index contributed by atoms with van der Waals surface area (Å²) in [6.07, 6.45) is 4.59. The highest BCUT2D eigenvalue weighted by Crippen LogP contribution is 2.44. The lowest BCUT2D eigenvalue weighted by Crippen LogP contribution is -2.25. The van der Waals surface area contributed by atoms with Gasteiger partial charge in [0.1, 0.15) is 17.7 Å². The Balaban J connectivity index is 1.34. The van der Waals surface area contributed by atoms with E-state index in [0.717, 1.165) is 24.0 Å². The Kier molecular flexibility index (Phi) is 7.39. The zero-order valence-corrected chi connectivity index (χ0v) is 21.6. The van der Waals surface area contributed by atoms with E-state index in [1.54, 1.807) is 0 Å². The number of carbonyl (C=O) groups is 1. The van der Waals surface area contributed by atoms with Gasteiger partial charge in [-0.3, -0.25) is 8.98 Å². The Bertz CT molecular complexity index is 1360. The van der Waals surface area contributed by atoms with Crippen LogP contribution in [0.15, 0.2) is 54.3 Å². The molecule has 0 spiro atoms. The van der Waals surface area contributed by atoms with Crippen molar-refractivity contribution in [2.24, 2.45) is 11.1 Å². The van der Waals surface area contributed by atoms with Crippen molar-refractivity contribution in [1.82, 2.24) is 9.97 Å². The van der Waals surface area contributed by atoms with Gasteiger partial charge in [-0.1, -0.05) is 30.3 Å². The zero-order valence-electron chi connectivity index (χ0n) is 19.9. The molecule has 0 radical (unpaired) electrons. The van der Waals surface area contributed by atoms with Crippen LogP contribution in [0.1, 0.15) is 52.0 Å². The minimum Gasteiger partial charge on any atom is -0.393 e. The van der Waals surface area contributed by atoms with Crippen LogP contribution in [0.2, 0.25) is 0 Å². The Hall–Kier alpha value is -2.74. The molecule has 1 aliphatic heterocycles. The number of nitrogens with two attached hydrogens (primary N) is 1. The Morgan fingerprint density at radius 3 is 2.81 bits per heavy atom. The van der Waals surface area contributed by atoms with Gasteiger partial charge in [0.2, 0.25) is 5.78 Å². The van der Waals surface area contributed by atoms with Crippen molar-refractivity contribution in [3.8, 4) is 0 Å². The van der Waals surface area contributed by atoms with Crippen molar-refractivity contribution in [2.45, 2.75) is 43.4 Å². The second kappa shape index (κ2) is 10.6. The lowest BCUT2D eigenvalue weighted by molar-refractivity contribution is 0.0363. The van der Waals surface area contributed by atoms with Gasteiger partial charge >= 0.3 is 10.3 Å². The summed E-state index contributed by atoms with van der Waals surface area (Å²) in [4.78, 5) is 22.4. The predicted molar refractivity (Wildman–Crippen MR) is 137 cm³/mol. The lowest BCUT2D eigenvalue weighted by Gasteiger charge is -2.28. The van der Waals surface area contributed by atoms with Crippen LogP contribution in [-0.2, 0) is 24.8 Å². The monoisotopic (exact) mass is 544 g/mol. The summed E-state index contributed by atoms with van der Waals surface area (Å²) in [6, 6.07) is 11.7. The molecule has 3 aromatic rings. The van der Waals surface area contributed by atoms with E-state index < -0.39 is 27.9 Å². The third-order valence-electron chi connectivity index (χ3n) is 6.95. The normalized spacial score (nSPS) is 25.8. The van der Waals surface area contributed by atoms with Crippen LogP contribution in [0.4, 0.5) is 5.82 Å². The summed E-state index contributed by atoms with van der Waals surface area (Å²) in [5.74, 6) is -0.277. The summed E-state index contributed by atoms with van der Waals surface area (Å²) < 4.78 is 33.1. The number of carbonyl (C=O) groups excluding carboxylic acids is 1. The second-order valence-corrected chi connectivity index (χ2v) is 11.5. The van der Waals surface area contributed by atoms with Crippen molar-refractivity contribution >= 4 is 33.2 Å². The molecular weight excluding hydrogens is 516 g/mol. The molecule has 10 nitrogen and oxygen atoms in total. The van der Waals surface area contributed by atoms with Crippen molar-refractivity contribution in [1.29, 1.82) is 0 Å². The minimum atomic E-state index is -4.09. The van der Waals surface area contributed by atoms with E-state index in [4.69, 9.17) is 9.88 Å². The number of aromatic nitrogens is 2. The molecule has 37 heavy (non-hydrogen) atoms. The van der Waals surface area contributed by atoms with Crippen molar-refractivity contribution in [3.63, 3.8) is 0 Å². The Labute approximate surface area is 219 Å². The molecule has 3 heterocycles. The number of nitrogens with one attached hydrogen (secondary N) is 1. The first-order valence-corrected chi connectivity index (χ1v) is 14.4. The van der Waals surface area contributed by atoms with E-state index in [-0.39, 0.29) is 18.4 Å². The maximum atomic E-state index is 13.6. The quantitative estimate of drug-likeness (QED) is 0.345. The molecule has 1 saturated carbocycles. The fourth-order valence-corrected chi connectivity index (χ4v) is 6.44. The van der Waals surface area contributed by atoms with Gasteiger partial charge in [0, 0.05) is 24.8 Å². The van der Waals surface area contributed by atoms with Crippen LogP contribution in [0, 0.1) is 5.92 Å². The van der Waals surface area contributed by atoms with Crippen molar-refractivity contribution < 1.29 is 27.2 Å². The highest BCUT2D eigenvalue weighted by molar-refractivity contribution is 7.84. The smallest absolute Gasteiger partial charge is 0.333 e. The highest BCUT2D eigenvalue weighted by Gasteiger charge is 2.40. The van der Waals surface area contributed by atoms with Crippen LogP contribution in [0.5, 0.6) is 0 Å². The zero-order chi connectivity index (χ0) is 26.0. The second-order valence-electron chi connectivity index (χ2n) is 9.38. The third kappa shape index (κ3) is 5.59. The molecular formula is C25H28N4O6S2. The number of hydrogen-bond donors (Lipinski definition) is 3. The molecule has 2 fully saturated rings. The molecule has 1 saturated heterocycles. The lowest BCUT2D eigenvalue weighted by atomic mass is 9.85. The van der Waals surface area contributed by atoms with E-state index in [1.165, 1.54) is 23.9 Å². The van der Waals surface area contributed by atoms with Crippen molar-refractivity contribution in [2.75, 3.05) is 18.5 Å². The SMILES string of the molecule is NS(=O)(=O)OCC1C[C@@H](Nc2ncncc2C(=O)c2cc(C3(c4ccccc4)CCCO3)cs2)C[C@@H]1O. The molecule has 2 unspecified atom stereocenters. The number of nitrogens with zero attached hydrogens (tertiary/aromatic N) is 2. The van der Waals surface area contributed by atoms with Crippen LogP contribution in [0.25, 0.3) is 0 Å². The van der Waals surface area contributed by atoms with Gasteiger partial charge in [0.15, 0.2) is 0 Å². The molecule has 2 aromatic heterocycles. The van der Waals surface area contributed by atoms with E-state index in [9.17, 15) is 18.3 Å². The van der Waals surface area contributed by atoms with Crippen LogP contribution in [-0.4, -0.2) is 54.6 Å². The summed E-state index contributed by atoms with van der Waals surface area (Å²) in [5.41, 5.74) is 1.76. The average Bonchev–Trinajstić information content (AvgIpc) is 3.63. The Morgan fingerprint density at radius 2 is 2.08 bits per heavy atom. The van der Waals surface area contributed by atoms with Gasteiger partial charge in [0.05, 0.1) is 23.2 Å². The first kappa shape index (κ1) is 25.9. The number of rotatable bonds is 9. The molecule has 4 N–H and O–H groups in total. The van der Waals surface area contributed by atoms with Gasteiger partial charge in [-0.2, -0.15) is 8.42 Å². The summed E-state index contributed by atoms with van der Waals surface area (Å²) >= 11 is 1.36. The van der Waals surface area contributed by atoms with Crippen LogP contribution in [0.3, 0.4) is 0 Å². The van der Waals surface area contributed by atoms with Gasteiger partial charge in [0.25, 0.3) is 0 Å². The topological polar surface area (TPSA) is 154 Å². The summed E-state index contributed by atoms with van der Waals surface area (Å²) in [6.45, 7) is 0.446. The number of hydrogen-bond acceptors (Lipinski definition) is 10. The fraction of sp³-hybridized carbons (Fsp3) is 0.400. The predicted octanol–water partition coefficient (Wildman–Crippen LogP) is 2.59. The molecule has 0 bridgehead atoms. The standard InChI is InChI=1S/C25H28N4O6S2/c26-37(32,33)35-13-16-9-19(11-21(16)30)29-24-20(12-27-15-28-24)23(31)22-10-18(14-36-22)25(7-4-8-34-25)17-5-2-1-3-6-17/h1-3,5-6,10,12,14-16,19,21,30H,4,7-9,11,13H2,(H2,26,32,33)(H,27,28,29)/t16?,19-,21+,25?/m1/s1. The molecule has 12 heteroatoms. The number of ether oxygens (including phenoxy) is 1. The van der Waals surface area contributed by atoms with Crippen LogP contribution < -0.4 is 10.5 Å². The maximum absolute atomic E-state index is 13.6. The van der Waals surface area contributed by atoms with E-state index in [2.05, 4.69) is 31.6 Å². The molecule has 2 aliphatic rings. The largest absolute Gasteiger partial charge is 0.393 e. The number of anilines is 1. The molecule has 196 valence electrons. The van der Waals surface area contributed by atoms with Gasteiger partial charge in [-0.05, 0) is 48.3 Å². The molecule has 4 atom stereocenters. The number of benzene rings is 1. The fourth-order valence-electron chi connectivity index (χ4n) is 5.15. The Morgan fingerprint density at radius 1 is 1.27 bits per heavy atom. The number of thiophene rings is 1. The summed E-state index contributed by atoms with van der Waals surface area (Å²) in [7, 11) is -4.09. The number of aliphatic hydroxyl groups is 1. The van der Waals surface area contributed by atoms with Gasteiger partial charge < -0.3 is 15.2 Å². The average molecular weight is 545 g/mol. The van der Waals surface area contributed by atoms with Crippen molar-refractivity contribution in [3.05, 3.63) is 75.9 Å². The van der Waals surface area contributed by atoms with Gasteiger partial charge in [-0.25, -0.2) is 15.1 Å². The van der Waals surface area contributed by atoms with E-state index in [0.29, 0.717) is 35.7 Å². The number of ketones is 1. The molecule has 0 amide bonds. The maximum Gasteiger partial charge on any atom is 0.333 e. The molecule has 1 aliphatic carbocycles. The minimum absolute atomic E-state index is 0.211. The first-order valence-electron chi connectivity index (χ1n) is 12.0. The number of aliphatic hydroxyl groups excluding tert-OH is 1. The molecule has 5 rings (SSSR count). The van der Waals surface area contributed by atoms with Crippen LogP contribution >= 0.6 is 11.3 Å². The molecule has 1 aromatic carbocycles. The highest BCUT2D eigenvalue weighted by atomic mass is 32.2. The first-order chi connectivity index (χ1) is 17.7.